The van der Waals surface area contributed by atoms with Gasteiger partial charge in [-0.1, -0.05) is 50.2 Å². The van der Waals surface area contributed by atoms with Crippen LogP contribution in [0.4, 0.5) is 4.79 Å². The Labute approximate surface area is 202 Å². The third-order valence-electron chi connectivity index (χ3n) is 7.84. The van der Waals surface area contributed by atoms with E-state index in [4.69, 9.17) is 4.74 Å². The molecule has 3 amide bonds. The average Bonchev–Trinajstić information content (AvgIpc) is 3.36. The lowest BCUT2D eigenvalue weighted by atomic mass is 9.84. The first-order valence-corrected chi connectivity index (χ1v) is 12.5. The van der Waals surface area contributed by atoms with Crippen LogP contribution in [0, 0.1) is 5.92 Å². The van der Waals surface area contributed by atoms with Crippen LogP contribution in [0.5, 0.6) is 5.75 Å². The molecule has 2 saturated heterocycles. The molecule has 1 spiro atoms. The van der Waals surface area contributed by atoms with Crippen molar-refractivity contribution in [1.29, 1.82) is 0 Å². The van der Waals surface area contributed by atoms with Gasteiger partial charge in [0, 0.05) is 25.7 Å². The van der Waals surface area contributed by atoms with Crippen LogP contribution in [-0.2, 0) is 24.2 Å². The van der Waals surface area contributed by atoms with Gasteiger partial charge in [0.2, 0.25) is 0 Å². The fourth-order valence-corrected chi connectivity index (χ4v) is 5.99. The minimum atomic E-state index is -0.713. The largest absolute Gasteiger partial charge is 0.497 e. The van der Waals surface area contributed by atoms with Crippen LogP contribution in [0.15, 0.2) is 48.5 Å². The topological polar surface area (TPSA) is 53.1 Å². The Morgan fingerprint density at radius 3 is 2.15 bits per heavy atom. The van der Waals surface area contributed by atoms with Crippen LogP contribution >= 0.6 is 0 Å². The zero-order chi connectivity index (χ0) is 23.9. The number of amides is 3. The number of imide groups is 1. The predicted octanol–water partition coefficient (Wildman–Crippen LogP) is 4.12. The van der Waals surface area contributed by atoms with Crippen molar-refractivity contribution in [2.75, 3.05) is 26.7 Å². The summed E-state index contributed by atoms with van der Waals surface area (Å²) in [6.45, 7) is 6.84. The van der Waals surface area contributed by atoms with Crippen LogP contribution in [0.2, 0.25) is 0 Å². The van der Waals surface area contributed by atoms with Gasteiger partial charge in [-0.2, -0.15) is 0 Å². The number of nitrogens with zero attached hydrogens (tertiary/aromatic N) is 3. The molecule has 0 aromatic heterocycles. The van der Waals surface area contributed by atoms with Gasteiger partial charge >= 0.3 is 6.03 Å². The molecule has 0 N–H and O–H groups in total. The van der Waals surface area contributed by atoms with Crippen molar-refractivity contribution in [3.05, 3.63) is 65.2 Å². The van der Waals surface area contributed by atoms with Crippen molar-refractivity contribution in [2.24, 2.45) is 5.92 Å². The molecule has 0 bridgehead atoms. The van der Waals surface area contributed by atoms with Gasteiger partial charge in [0.25, 0.3) is 5.91 Å². The molecule has 3 aliphatic rings. The second-order valence-corrected chi connectivity index (χ2v) is 10.4. The lowest BCUT2D eigenvalue weighted by Gasteiger charge is -2.44. The standard InChI is InChI=1S/C28H35N3O3/c1-20(2)18-31-27(33)30(19-21-8-10-25(34-3)11-9-21)26(32)28(31)12-14-29(15-13-28)24-16-22-6-4-5-7-23(22)17-24/h4-11,20,24H,12-19H2,1-3H3. The molecule has 34 heavy (non-hydrogen) atoms. The Kier molecular flexibility index (Phi) is 6.11. The molecule has 6 heteroatoms. The highest BCUT2D eigenvalue weighted by Gasteiger charge is 2.58. The van der Waals surface area contributed by atoms with Crippen molar-refractivity contribution >= 4 is 11.9 Å². The van der Waals surface area contributed by atoms with E-state index in [1.54, 1.807) is 7.11 Å². The Hall–Kier alpha value is -2.86. The Balaban J connectivity index is 1.33. The van der Waals surface area contributed by atoms with Gasteiger partial charge in [-0.25, -0.2) is 4.79 Å². The van der Waals surface area contributed by atoms with Crippen molar-refractivity contribution in [1.82, 2.24) is 14.7 Å². The summed E-state index contributed by atoms with van der Waals surface area (Å²) >= 11 is 0. The van der Waals surface area contributed by atoms with Gasteiger partial charge in [-0.05, 0) is 60.4 Å². The van der Waals surface area contributed by atoms with Crippen molar-refractivity contribution in [3.63, 3.8) is 0 Å². The molecule has 2 aliphatic heterocycles. The number of rotatable bonds is 6. The van der Waals surface area contributed by atoms with Gasteiger partial charge in [0.05, 0.1) is 13.7 Å². The quantitative estimate of drug-likeness (QED) is 0.608. The van der Waals surface area contributed by atoms with E-state index in [2.05, 4.69) is 43.0 Å². The van der Waals surface area contributed by atoms with E-state index < -0.39 is 5.54 Å². The van der Waals surface area contributed by atoms with E-state index in [-0.39, 0.29) is 11.9 Å². The highest BCUT2D eigenvalue weighted by atomic mass is 16.5. The molecule has 0 unspecified atom stereocenters. The molecular formula is C28H35N3O3. The maximum Gasteiger partial charge on any atom is 0.327 e. The van der Waals surface area contributed by atoms with Crippen LogP contribution in [-0.4, -0.2) is 65.0 Å². The van der Waals surface area contributed by atoms with E-state index in [1.807, 2.05) is 29.2 Å². The van der Waals surface area contributed by atoms with Gasteiger partial charge in [0.1, 0.15) is 11.3 Å². The zero-order valence-electron chi connectivity index (χ0n) is 20.5. The number of carbonyl (C=O) groups is 2. The first-order valence-electron chi connectivity index (χ1n) is 12.5. The summed E-state index contributed by atoms with van der Waals surface area (Å²) in [7, 11) is 1.63. The molecule has 2 aromatic carbocycles. The van der Waals surface area contributed by atoms with E-state index in [0.29, 0.717) is 37.9 Å². The smallest absolute Gasteiger partial charge is 0.327 e. The molecular weight excluding hydrogens is 426 g/mol. The van der Waals surface area contributed by atoms with Crippen LogP contribution in [0.3, 0.4) is 0 Å². The van der Waals surface area contributed by atoms with Crippen LogP contribution < -0.4 is 4.74 Å². The number of urea groups is 1. The Bertz CT molecular complexity index is 1030. The van der Waals surface area contributed by atoms with E-state index in [0.717, 1.165) is 37.2 Å². The minimum Gasteiger partial charge on any atom is -0.497 e. The SMILES string of the molecule is COc1ccc(CN2C(=O)N(CC(C)C)C3(CCN(C4Cc5ccccc5C4)CC3)C2=O)cc1. The zero-order valence-corrected chi connectivity index (χ0v) is 20.5. The van der Waals surface area contributed by atoms with E-state index in [1.165, 1.54) is 16.0 Å². The van der Waals surface area contributed by atoms with Gasteiger partial charge in [-0.15, -0.1) is 0 Å². The number of hydrogen-bond donors (Lipinski definition) is 0. The summed E-state index contributed by atoms with van der Waals surface area (Å²) in [5, 5.41) is 0. The minimum absolute atomic E-state index is 0.0247. The van der Waals surface area contributed by atoms with Gasteiger partial charge in [-0.3, -0.25) is 14.6 Å². The number of hydrogen-bond acceptors (Lipinski definition) is 4. The molecule has 0 saturated carbocycles. The number of ether oxygens (including phenoxy) is 1. The summed E-state index contributed by atoms with van der Waals surface area (Å²) in [5.41, 5.74) is 3.12. The fraction of sp³-hybridized carbons (Fsp3) is 0.500. The number of likely N-dealkylation sites (tertiary alicyclic amines) is 1. The third kappa shape index (κ3) is 3.98. The average molecular weight is 462 g/mol. The molecule has 5 rings (SSSR count). The fourth-order valence-electron chi connectivity index (χ4n) is 5.99. The third-order valence-corrected chi connectivity index (χ3v) is 7.84. The first-order chi connectivity index (χ1) is 16.4. The second kappa shape index (κ2) is 9.06. The molecule has 0 atom stereocenters. The predicted molar refractivity (Wildman–Crippen MR) is 132 cm³/mol. The Morgan fingerprint density at radius 1 is 0.971 bits per heavy atom. The van der Waals surface area contributed by atoms with Gasteiger partial charge < -0.3 is 9.64 Å². The number of carbonyl (C=O) groups excluding carboxylic acids is 2. The molecule has 1 aliphatic carbocycles. The lowest BCUT2D eigenvalue weighted by Crippen LogP contribution is -2.58. The number of piperidine rings is 1. The maximum atomic E-state index is 13.8. The number of fused-ring (bicyclic) bond motifs is 1. The lowest BCUT2D eigenvalue weighted by molar-refractivity contribution is -0.136. The highest BCUT2D eigenvalue weighted by molar-refractivity contribution is 6.07. The summed E-state index contributed by atoms with van der Waals surface area (Å²) in [5.74, 6) is 1.04. The molecule has 6 nitrogen and oxygen atoms in total. The maximum absolute atomic E-state index is 13.8. The van der Waals surface area contributed by atoms with Crippen molar-refractivity contribution in [2.45, 2.75) is 57.7 Å². The second-order valence-electron chi connectivity index (χ2n) is 10.4. The number of methoxy groups -OCH3 is 1. The molecule has 180 valence electrons. The van der Waals surface area contributed by atoms with Crippen LogP contribution in [0.1, 0.15) is 43.4 Å². The summed E-state index contributed by atoms with van der Waals surface area (Å²) in [4.78, 5) is 33.3. The Morgan fingerprint density at radius 2 is 1.59 bits per heavy atom. The van der Waals surface area contributed by atoms with E-state index >= 15 is 0 Å². The monoisotopic (exact) mass is 461 g/mol. The van der Waals surface area contributed by atoms with Crippen molar-refractivity contribution in [3.8, 4) is 5.75 Å². The summed E-state index contributed by atoms with van der Waals surface area (Å²) < 4.78 is 5.24. The normalized spacial score (nSPS) is 20.6. The molecule has 2 fully saturated rings. The molecule has 2 heterocycles. The van der Waals surface area contributed by atoms with Crippen LogP contribution in [0.25, 0.3) is 0 Å². The van der Waals surface area contributed by atoms with Gasteiger partial charge in [0.15, 0.2) is 0 Å². The molecule has 2 aromatic rings. The van der Waals surface area contributed by atoms with E-state index in [9.17, 15) is 9.59 Å². The summed E-state index contributed by atoms with van der Waals surface area (Å²) in [6, 6.07) is 16.7. The first kappa shape index (κ1) is 22.9. The summed E-state index contributed by atoms with van der Waals surface area (Å²) in [6.07, 6.45) is 3.57. The highest BCUT2D eigenvalue weighted by Crippen LogP contribution is 2.40. The van der Waals surface area contributed by atoms with Crippen molar-refractivity contribution < 1.29 is 14.3 Å². The molecule has 0 radical (unpaired) electrons. The number of benzene rings is 2.